The lowest BCUT2D eigenvalue weighted by Gasteiger charge is -2.11. The predicted molar refractivity (Wildman–Crippen MR) is 96.4 cm³/mol. The molecule has 2 rings (SSSR count). The molecule has 0 aliphatic carbocycles. The number of nitrogens with one attached hydrogen (secondary N) is 3. The van der Waals surface area contributed by atoms with Gasteiger partial charge in [0.05, 0.1) is 6.67 Å². The number of anilines is 1. The lowest BCUT2D eigenvalue weighted by atomic mass is 10.1. The van der Waals surface area contributed by atoms with E-state index in [0.29, 0.717) is 6.67 Å². The molecule has 4 nitrogen and oxygen atoms in total. The highest BCUT2D eigenvalue weighted by atomic mass is 15.4. The summed E-state index contributed by atoms with van der Waals surface area (Å²) in [6.07, 6.45) is 9.71. The number of benzene rings is 1. The molecule has 0 radical (unpaired) electrons. The summed E-state index contributed by atoms with van der Waals surface area (Å²) in [4.78, 5) is 4.10. The van der Waals surface area contributed by atoms with Gasteiger partial charge in [-0.2, -0.15) is 0 Å². The van der Waals surface area contributed by atoms with Crippen LogP contribution in [0.1, 0.15) is 27.7 Å². The number of pyridine rings is 1. The van der Waals surface area contributed by atoms with E-state index in [0.717, 1.165) is 16.8 Å². The Kier molecular flexibility index (Phi) is 8.38. The Morgan fingerprint density at radius 3 is 2.77 bits per heavy atom. The number of nitrogens with zero attached hydrogens (tertiary/aromatic N) is 1. The van der Waals surface area contributed by atoms with Gasteiger partial charge in [0.25, 0.3) is 0 Å². The lowest BCUT2D eigenvalue weighted by molar-refractivity contribution is 0.700. The maximum Gasteiger partial charge on any atom is 0.0824 e. The Labute approximate surface area is 133 Å². The van der Waals surface area contributed by atoms with Crippen LogP contribution >= 0.6 is 0 Å². The molecule has 0 aliphatic rings. The third-order valence-corrected chi connectivity index (χ3v) is 2.87. The van der Waals surface area contributed by atoms with E-state index >= 15 is 0 Å². The van der Waals surface area contributed by atoms with Gasteiger partial charge in [0.15, 0.2) is 0 Å². The van der Waals surface area contributed by atoms with E-state index in [9.17, 15) is 0 Å². The summed E-state index contributed by atoms with van der Waals surface area (Å²) >= 11 is 0. The smallest absolute Gasteiger partial charge is 0.0824 e. The van der Waals surface area contributed by atoms with Crippen molar-refractivity contribution in [2.45, 2.75) is 27.7 Å². The molecular weight excluding hydrogens is 272 g/mol. The molecule has 118 valence electrons. The number of hydrazine groups is 1. The van der Waals surface area contributed by atoms with Crippen molar-refractivity contribution in [3.05, 3.63) is 60.6 Å². The zero-order chi connectivity index (χ0) is 16.2. The largest absolute Gasteiger partial charge is 0.375 e. The first-order valence-corrected chi connectivity index (χ1v) is 7.65. The summed E-state index contributed by atoms with van der Waals surface area (Å²) in [6.45, 7) is 8.68. The molecule has 1 aromatic carbocycles. The average molecular weight is 298 g/mol. The van der Waals surface area contributed by atoms with Crippen molar-refractivity contribution in [3.8, 4) is 0 Å². The van der Waals surface area contributed by atoms with Crippen molar-refractivity contribution in [2.24, 2.45) is 0 Å². The van der Waals surface area contributed by atoms with E-state index in [1.54, 1.807) is 6.20 Å². The fourth-order valence-electron chi connectivity index (χ4n) is 1.79. The first kappa shape index (κ1) is 17.7. The molecule has 3 N–H and O–H groups in total. The quantitative estimate of drug-likeness (QED) is 0.324. The fraction of sp³-hybridized carbons (Fsp3) is 0.278. The minimum absolute atomic E-state index is 0.647. The van der Waals surface area contributed by atoms with E-state index < -0.39 is 0 Å². The van der Waals surface area contributed by atoms with Crippen LogP contribution in [-0.2, 0) is 0 Å². The highest BCUT2D eigenvalue weighted by molar-refractivity contribution is 5.84. The van der Waals surface area contributed by atoms with Crippen molar-refractivity contribution in [1.82, 2.24) is 15.7 Å². The van der Waals surface area contributed by atoms with Crippen LogP contribution in [0.4, 0.5) is 5.69 Å². The van der Waals surface area contributed by atoms with Gasteiger partial charge in [0.1, 0.15) is 0 Å². The molecular formula is C18H26N4. The van der Waals surface area contributed by atoms with E-state index in [1.807, 2.05) is 64.3 Å². The van der Waals surface area contributed by atoms with Crippen LogP contribution in [0, 0.1) is 0 Å². The van der Waals surface area contributed by atoms with Crippen LogP contribution in [0.25, 0.3) is 10.8 Å². The second kappa shape index (κ2) is 10.4. The standard InChI is InChI=1S/C16H20N4.C2H6/c1-3-4-5-13(2)18-12-19-20-16-7-6-15-11-17-9-8-14(15)10-16;1-2/h3-11,18-20H,12H2,1-2H3;1-2H3/b4-3-,13-5+;. The molecule has 0 bridgehead atoms. The minimum atomic E-state index is 0.647. The number of aromatic nitrogens is 1. The van der Waals surface area contributed by atoms with E-state index in [1.165, 1.54) is 5.39 Å². The van der Waals surface area contributed by atoms with Gasteiger partial charge in [0, 0.05) is 29.2 Å². The molecule has 0 saturated carbocycles. The SMILES string of the molecule is C/C=C\C=C(/C)NCNNc1ccc2cnccc2c1.CC. The van der Waals surface area contributed by atoms with Crippen LogP contribution in [-0.4, -0.2) is 11.7 Å². The summed E-state index contributed by atoms with van der Waals surface area (Å²) in [5.41, 5.74) is 8.44. The van der Waals surface area contributed by atoms with Crippen LogP contribution in [0.2, 0.25) is 0 Å². The lowest BCUT2D eigenvalue weighted by Crippen LogP contribution is -2.32. The molecule has 0 spiro atoms. The van der Waals surface area contributed by atoms with Crippen LogP contribution in [0.5, 0.6) is 0 Å². The highest BCUT2D eigenvalue weighted by Crippen LogP contribution is 2.16. The monoisotopic (exact) mass is 298 g/mol. The van der Waals surface area contributed by atoms with E-state index in [2.05, 4.69) is 33.3 Å². The van der Waals surface area contributed by atoms with Gasteiger partial charge in [-0.3, -0.25) is 4.98 Å². The van der Waals surface area contributed by atoms with Gasteiger partial charge in [-0.1, -0.05) is 32.1 Å². The number of hydrogen-bond donors (Lipinski definition) is 3. The number of allylic oxidation sites excluding steroid dienone is 4. The summed E-state index contributed by atoms with van der Waals surface area (Å²) in [6, 6.07) is 8.17. The van der Waals surface area contributed by atoms with Crippen LogP contribution in [0.3, 0.4) is 0 Å². The molecule has 2 aromatic rings. The molecule has 0 unspecified atom stereocenters. The van der Waals surface area contributed by atoms with E-state index in [4.69, 9.17) is 0 Å². The third kappa shape index (κ3) is 5.97. The molecule has 1 heterocycles. The molecule has 0 aliphatic heterocycles. The minimum Gasteiger partial charge on any atom is -0.375 e. The summed E-state index contributed by atoms with van der Waals surface area (Å²) in [5.74, 6) is 0. The van der Waals surface area contributed by atoms with Crippen molar-refractivity contribution in [1.29, 1.82) is 0 Å². The first-order chi connectivity index (χ1) is 10.8. The van der Waals surface area contributed by atoms with Crippen LogP contribution in [0.15, 0.2) is 60.6 Å². The number of rotatable bonds is 6. The van der Waals surface area contributed by atoms with Crippen molar-refractivity contribution in [2.75, 3.05) is 12.1 Å². The summed E-state index contributed by atoms with van der Waals surface area (Å²) in [5, 5.41) is 5.56. The summed E-state index contributed by atoms with van der Waals surface area (Å²) in [7, 11) is 0. The van der Waals surface area contributed by atoms with E-state index in [-0.39, 0.29) is 0 Å². The molecule has 0 fully saturated rings. The maximum atomic E-state index is 4.10. The second-order valence-electron chi connectivity index (χ2n) is 4.47. The van der Waals surface area contributed by atoms with Gasteiger partial charge in [-0.25, -0.2) is 5.43 Å². The maximum absolute atomic E-state index is 4.10. The Bertz CT molecular complexity index is 617. The highest BCUT2D eigenvalue weighted by Gasteiger charge is 1.95. The summed E-state index contributed by atoms with van der Waals surface area (Å²) < 4.78 is 0. The number of fused-ring (bicyclic) bond motifs is 1. The Balaban J connectivity index is 0.00000116. The molecule has 1 aromatic heterocycles. The average Bonchev–Trinajstić information content (AvgIpc) is 2.58. The van der Waals surface area contributed by atoms with Crippen molar-refractivity contribution >= 4 is 16.5 Å². The Morgan fingerprint density at radius 1 is 1.18 bits per heavy atom. The van der Waals surface area contributed by atoms with Gasteiger partial charge in [-0.15, -0.1) is 0 Å². The van der Waals surface area contributed by atoms with Crippen molar-refractivity contribution < 1.29 is 0 Å². The van der Waals surface area contributed by atoms with Gasteiger partial charge in [-0.05, 0) is 43.5 Å². The molecule has 0 atom stereocenters. The van der Waals surface area contributed by atoms with Gasteiger partial charge < -0.3 is 10.7 Å². The fourth-order valence-corrected chi connectivity index (χ4v) is 1.79. The number of hydrogen-bond acceptors (Lipinski definition) is 4. The molecule has 22 heavy (non-hydrogen) atoms. The normalized spacial score (nSPS) is 11.2. The molecule has 0 amide bonds. The zero-order valence-corrected chi connectivity index (χ0v) is 13.9. The Morgan fingerprint density at radius 2 is 2.00 bits per heavy atom. The first-order valence-electron chi connectivity index (χ1n) is 7.65. The van der Waals surface area contributed by atoms with Gasteiger partial charge in [0.2, 0.25) is 0 Å². The second-order valence-corrected chi connectivity index (χ2v) is 4.47. The zero-order valence-electron chi connectivity index (χ0n) is 13.9. The van der Waals surface area contributed by atoms with Gasteiger partial charge >= 0.3 is 0 Å². The third-order valence-electron chi connectivity index (χ3n) is 2.87. The Hall–Kier alpha value is -2.33. The van der Waals surface area contributed by atoms with Crippen LogP contribution < -0.4 is 16.2 Å². The molecule has 4 heteroatoms. The topological polar surface area (TPSA) is 49.0 Å². The molecule has 0 saturated heterocycles. The predicted octanol–water partition coefficient (Wildman–Crippen LogP) is 4.20. The van der Waals surface area contributed by atoms with Crippen molar-refractivity contribution in [3.63, 3.8) is 0 Å².